The molecule has 3 rings (SSSR count). The minimum atomic E-state index is -3.86. The van der Waals surface area contributed by atoms with Crippen LogP contribution in [0.5, 0.6) is 11.5 Å². The SMILES string of the molecule is C[C@@H]1CN(S(=O)(=O)c2cc(Cl)c(Oc3ccc([N+](=O)[O-])cc3Cl)c(Cl)c2)C[C@H](C)O1. The summed E-state index contributed by atoms with van der Waals surface area (Å²) in [6, 6.07) is 6.11. The van der Waals surface area contributed by atoms with Gasteiger partial charge in [-0.05, 0) is 32.0 Å². The van der Waals surface area contributed by atoms with Crippen molar-refractivity contribution in [1.29, 1.82) is 0 Å². The van der Waals surface area contributed by atoms with Crippen LogP contribution in [-0.2, 0) is 14.8 Å². The normalized spacial score (nSPS) is 20.2. The quantitative estimate of drug-likeness (QED) is 0.420. The first-order valence-corrected chi connectivity index (χ1v) is 11.3. The highest BCUT2D eigenvalue weighted by atomic mass is 35.5. The molecule has 0 unspecified atom stereocenters. The Morgan fingerprint density at radius 1 is 1.07 bits per heavy atom. The molecule has 0 N–H and O–H groups in total. The van der Waals surface area contributed by atoms with Crippen molar-refractivity contribution in [2.75, 3.05) is 13.1 Å². The van der Waals surface area contributed by atoms with E-state index < -0.39 is 14.9 Å². The highest BCUT2D eigenvalue weighted by molar-refractivity contribution is 7.89. The summed E-state index contributed by atoms with van der Waals surface area (Å²) in [4.78, 5) is 10.2. The summed E-state index contributed by atoms with van der Waals surface area (Å²) in [6.45, 7) is 4.00. The fourth-order valence-corrected chi connectivity index (χ4v) is 5.61. The molecule has 2 aromatic carbocycles. The molecule has 1 saturated heterocycles. The van der Waals surface area contributed by atoms with Crippen LogP contribution >= 0.6 is 34.8 Å². The highest BCUT2D eigenvalue weighted by Gasteiger charge is 2.33. The Kier molecular flexibility index (Phi) is 6.81. The number of hydrogen-bond donors (Lipinski definition) is 0. The molecule has 0 amide bonds. The fourth-order valence-electron chi connectivity index (χ4n) is 3.06. The van der Waals surface area contributed by atoms with E-state index in [9.17, 15) is 18.5 Å². The van der Waals surface area contributed by atoms with Gasteiger partial charge in [0.1, 0.15) is 5.75 Å². The third-order valence-corrected chi connectivity index (χ3v) is 7.00. The van der Waals surface area contributed by atoms with E-state index in [1.807, 2.05) is 0 Å². The summed E-state index contributed by atoms with van der Waals surface area (Å²) >= 11 is 18.5. The number of nitrogens with zero attached hydrogens (tertiary/aromatic N) is 2. The number of non-ortho nitro benzene ring substituents is 1. The van der Waals surface area contributed by atoms with Crippen LogP contribution in [0.3, 0.4) is 0 Å². The first-order valence-electron chi connectivity index (χ1n) is 8.75. The lowest BCUT2D eigenvalue weighted by atomic mass is 10.3. The van der Waals surface area contributed by atoms with Crippen molar-refractivity contribution in [3.05, 3.63) is 55.5 Å². The lowest BCUT2D eigenvalue weighted by Crippen LogP contribution is -2.48. The van der Waals surface area contributed by atoms with Crippen LogP contribution < -0.4 is 4.74 Å². The largest absolute Gasteiger partial charge is 0.453 e. The number of benzene rings is 2. The number of nitro benzene ring substituents is 1. The van der Waals surface area contributed by atoms with Gasteiger partial charge in [0.15, 0.2) is 5.75 Å². The van der Waals surface area contributed by atoms with Crippen molar-refractivity contribution < 1.29 is 22.8 Å². The minimum Gasteiger partial charge on any atom is -0.453 e. The molecule has 0 aliphatic carbocycles. The molecule has 0 bridgehead atoms. The van der Waals surface area contributed by atoms with Crippen molar-refractivity contribution in [1.82, 2.24) is 4.31 Å². The zero-order chi connectivity index (χ0) is 22.2. The van der Waals surface area contributed by atoms with Crippen LogP contribution in [0.2, 0.25) is 15.1 Å². The molecule has 1 fully saturated rings. The van der Waals surface area contributed by atoms with Crippen molar-refractivity contribution in [3.8, 4) is 11.5 Å². The maximum atomic E-state index is 13.0. The summed E-state index contributed by atoms with van der Waals surface area (Å²) in [5, 5.41) is 10.7. The van der Waals surface area contributed by atoms with Crippen LogP contribution in [0.1, 0.15) is 13.8 Å². The van der Waals surface area contributed by atoms with E-state index in [2.05, 4.69) is 0 Å². The van der Waals surface area contributed by atoms with Crippen molar-refractivity contribution in [2.45, 2.75) is 31.0 Å². The van der Waals surface area contributed by atoms with Gasteiger partial charge in [0, 0.05) is 25.2 Å². The van der Waals surface area contributed by atoms with E-state index in [1.165, 1.54) is 28.6 Å². The van der Waals surface area contributed by atoms with Crippen molar-refractivity contribution >= 4 is 50.5 Å². The molecule has 0 radical (unpaired) electrons. The molecular formula is C18H17Cl3N2O6S. The molecular weight excluding hydrogens is 479 g/mol. The maximum Gasteiger partial charge on any atom is 0.271 e. The summed E-state index contributed by atoms with van der Waals surface area (Å²) in [5.41, 5.74) is -0.208. The molecule has 2 aromatic rings. The van der Waals surface area contributed by atoms with E-state index in [1.54, 1.807) is 13.8 Å². The van der Waals surface area contributed by atoms with Gasteiger partial charge < -0.3 is 9.47 Å². The number of rotatable bonds is 5. The number of halogens is 3. The van der Waals surface area contributed by atoms with Gasteiger partial charge in [-0.1, -0.05) is 34.8 Å². The summed E-state index contributed by atoms with van der Waals surface area (Å²) in [6.07, 6.45) is -0.497. The third-order valence-electron chi connectivity index (χ3n) is 4.33. The molecule has 1 heterocycles. The first kappa shape index (κ1) is 23.1. The Morgan fingerprint density at radius 2 is 1.63 bits per heavy atom. The van der Waals surface area contributed by atoms with E-state index in [0.717, 1.165) is 6.07 Å². The second kappa shape index (κ2) is 8.86. The van der Waals surface area contributed by atoms with Gasteiger partial charge in [0.05, 0.1) is 37.1 Å². The average molecular weight is 496 g/mol. The Bertz CT molecular complexity index is 1060. The van der Waals surface area contributed by atoms with Crippen molar-refractivity contribution in [3.63, 3.8) is 0 Å². The molecule has 1 aliphatic rings. The first-order chi connectivity index (χ1) is 14.0. The molecule has 1 aliphatic heterocycles. The number of hydrogen-bond acceptors (Lipinski definition) is 6. The Hall–Kier alpha value is -1.62. The van der Waals surface area contributed by atoms with Gasteiger partial charge in [-0.3, -0.25) is 10.1 Å². The average Bonchev–Trinajstić information content (AvgIpc) is 2.64. The van der Waals surface area contributed by atoms with Gasteiger partial charge in [0.25, 0.3) is 5.69 Å². The highest BCUT2D eigenvalue weighted by Crippen LogP contribution is 2.41. The number of morpholine rings is 1. The van der Waals surface area contributed by atoms with Crippen LogP contribution in [0.4, 0.5) is 5.69 Å². The number of nitro groups is 1. The molecule has 0 aromatic heterocycles. The second-order valence-electron chi connectivity index (χ2n) is 6.77. The molecule has 162 valence electrons. The maximum absolute atomic E-state index is 13.0. The summed E-state index contributed by atoms with van der Waals surface area (Å²) in [7, 11) is -3.86. The summed E-state index contributed by atoms with van der Waals surface area (Å²) in [5.74, 6) is 0.0641. The number of sulfonamides is 1. The standard InChI is InChI=1S/C18H17Cl3N2O6S/c1-10-8-22(9-11(2)28-10)30(26,27)13-6-15(20)18(16(21)7-13)29-17-4-3-12(23(24)25)5-14(17)19/h3-7,10-11H,8-9H2,1-2H3/t10-,11+. The Morgan fingerprint density at radius 3 is 2.13 bits per heavy atom. The Labute approximate surface area is 188 Å². The fraction of sp³-hybridized carbons (Fsp3) is 0.333. The summed E-state index contributed by atoms with van der Waals surface area (Å²) < 4.78 is 38.6. The zero-order valence-electron chi connectivity index (χ0n) is 15.8. The minimum absolute atomic E-state index is 0.0169. The van der Waals surface area contributed by atoms with Crippen LogP contribution in [0.15, 0.2) is 35.2 Å². The molecule has 12 heteroatoms. The van der Waals surface area contributed by atoms with Gasteiger partial charge in [-0.2, -0.15) is 4.31 Å². The van der Waals surface area contributed by atoms with Crippen LogP contribution in [-0.4, -0.2) is 42.9 Å². The van der Waals surface area contributed by atoms with Crippen LogP contribution in [0.25, 0.3) is 0 Å². The van der Waals surface area contributed by atoms with Gasteiger partial charge in [-0.15, -0.1) is 0 Å². The molecule has 8 nitrogen and oxygen atoms in total. The smallest absolute Gasteiger partial charge is 0.271 e. The van der Waals surface area contributed by atoms with E-state index in [4.69, 9.17) is 44.3 Å². The zero-order valence-corrected chi connectivity index (χ0v) is 18.9. The van der Waals surface area contributed by atoms with E-state index in [0.29, 0.717) is 0 Å². The predicted octanol–water partition coefficient (Wildman–Crippen LogP) is 5.15. The monoisotopic (exact) mass is 494 g/mol. The Balaban J connectivity index is 1.91. The number of ether oxygens (including phenoxy) is 2. The molecule has 2 atom stereocenters. The lowest BCUT2D eigenvalue weighted by Gasteiger charge is -2.34. The molecule has 0 saturated carbocycles. The lowest BCUT2D eigenvalue weighted by molar-refractivity contribution is -0.384. The van der Waals surface area contributed by atoms with Crippen molar-refractivity contribution in [2.24, 2.45) is 0 Å². The van der Waals surface area contributed by atoms with Crippen LogP contribution in [0, 0.1) is 10.1 Å². The molecule has 0 spiro atoms. The predicted molar refractivity (Wildman–Crippen MR) is 113 cm³/mol. The van der Waals surface area contributed by atoms with E-state index in [-0.39, 0.29) is 62.4 Å². The van der Waals surface area contributed by atoms with Gasteiger partial charge in [0.2, 0.25) is 10.0 Å². The van der Waals surface area contributed by atoms with Gasteiger partial charge in [-0.25, -0.2) is 8.42 Å². The van der Waals surface area contributed by atoms with E-state index >= 15 is 0 Å². The topological polar surface area (TPSA) is 99.0 Å². The third kappa shape index (κ3) is 4.82. The molecule has 30 heavy (non-hydrogen) atoms. The second-order valence-corrected chi connectivity index (χ2v) is 9.93. The van der Waals surface area contributed by atoms with Gasteiger partial charge >= 0.3 is 0 Å².